The van der Waals surface area contributed by atoms with Gasteiger partial charge in [-0.3, -0.25) is 4.79 Å². The van der Waals surface area contributed by atoms with Gasteiger partial charge in [0.05, 0.1) is 11.8 Å². The summed E-state index contributed by atoms with van der Waals surface area (Å²) in [5, 5.41) is 3.14. The molecule has 0 spiro atoms. The van der Waals surface area contributed by atoms with Crippen LogP contribution in [-0.4, -0.2) is 20.6 Å². The van der Waals surface area contributed by atoms with E-state index in [4.69, 9.17) is 0 Å². The number of carbonyl (C=O) groups is 1. The van der Waals surface area contributed by atoms with E-state index in [1.165, 1.54) is 11.8 Å². The molecule has 0 saturated heterocycles. The average Bonchev–Trinajstić information content (AvgIpc) is 3.37. The molecule has 5 heteroatoms. The normalized spacial score (nSPS) is 15.6. The minimum Gasteiger partial charge on any atom is -0.345 e. The standard InChI is InChI=1S/C20H23NO3S/c1-14-3-7-16(8-4-14)19(17-11-12-17)21-20(22)18-9-5-15(6-10-18)13-25(2,23)24/h3-10,17,19H,11-13H2,1-2H3,(H,21,22)/t19-/m1/s1. The molecule has 1 amide bonds. The van der Waals surface area contributed by atoms with E-state index < -0.39 is 9.84 Å². The van der Waals surface area contributed by atoms with E-state index in [1.54, 1.807) is 24.3 Å². The first kappa shape index (κ1) is 17.7. The van der Waals surface area contributed by atoms with Crippen LogP contribution in [0.25, 0.3) is 0 Å². The minimum atomic E-state index is -3.07. The number of benzene rings is 2. The second kappa shape index (κ2) is 7.00. The highest BCUT2D eigenvalue weighted by molar-refractivity contribution is 7.89. The summed E-state index contributed by atoms with van der Waals surface area (Å²) in [6.45, 7) is 2.05. The quantitative estimate of drug-likeness (QED) is 0.861. The molecule has 2 aromatic carbocycles. The number of rotatable bonds is 6. The minimum absolute atomic E-state index is 0.0109. The maximum absolute atomic E-state index is 12.6. The monoisotopic (exact) mass is 357 g/mol. The van der Waals surface area contributed by atoms with Gasteiger partial charge in [-0.25, -0.2) is 8.42 Å². The van der Waals surface area contributed by atoms with Gasteiger partial charge >= 0.3 is 0 Å². The summed E-state index contributed by atoms with van der Waals surface area (Å²) >= 11 is 0. The van der Waals surface area contributed by atoms with Crippen LogP contribution in [0.4, 0.5) is 0 Å². The average molecular weight is 357 g/mol. The molecule has 0 aromatic heterocycles. The largest absolute Gasteiger partial charge is 0.345 e. The predicted octanol–water partition coefficient (Wildman–Crippen LogP) is 3.42. The van der Waals surface area contributed by atoms with Gasteiger partial charge in [0.25, 0.3) is 5.91 Å². The van der Waals surface area contributed by atoms with E-state index >= 15 is 0 Å². The molecule has 0 aliphatic heterocycles. The van der Waals surface area contributed by atoms with Crippen LogP contribution in [0.3, 0.4) is 0 Å². The third-order valence-electron chi connectivity index (χ3n) is 4.46. The Bertz CT molecular complexity index is 851. The molecule has 2 aromatic rings. The zero-order valence-electron chi connectivity index (χ0n) is 14.5. The van der Waals surface area contributed by atoms with Crippen LogP contribution in [0.2, 0.25) is 0 Å². The van der Waals surface area contributed by atoms with Crippen molar-refractivity contribution in [1.82, 2.24) is 5.32 Å². The number of nitrogens with one attached hydrogen (secondary N) is 1. The number of sulfone groups is 1. The molecule has 3 rings (SSSR count). The Balaban J connectivity index is 1.72. The van der Waals surface area contributed by atoms with Crippen LogP contribution in [0.5, 0.6) is 0 Å². The summed E-state index contributed by atoms with van der Waals surface area (Å²) in [5.41, 5.74) is 3.58. The lowest BCUT2D eigenvalue weighted by Crippen LogP contribution is -2.29. The molecule has 25 heavy (non-hydrogen) atoms. The van der Waals surface area contributed by atoms with Crippen molar-refractivity contribution in [3.63, 3.8) is 0 Å². The summed E-state index contributed by atoms with van der Waals surface area (Å²) in [7, 11) is -3.07. The number of amides is 1. The number of aryl methyl sites for hydroxylation is 1. The van der Waals surface area contributed by atoms with E-state index in [0.717, 1.165) is 18.4 Å². The maximum atomic E-state index is 12.6. The molecular weight excluding hydrogens is 334 g/mol. The molecule has 1 aliphatic carbocycles. The van der Waals surface area contributed by atoms with Crippen molar-refractivity contribution < 1.29 is 13.2 Å². The highest BCUT2D eigenvalue weighted by Crippen LogP contribution is 2.41. The lowest BCUT2D eigenvalue weighted by atomic mass is 10.0. The molecule has 0 unspecified atom stereocenters. The molecule has 0 radical (unpaired) electrons. The topological polar surface area (TPSA) is 63.2 Å². The Kier molecular flexibility index (Phi) is 4.95. The molecular formula is C20H23NO3S. The molecule has 1 atom stereocenters. The Morgan fingerprint density at radius 2 is 1.68 bits per heavy atom. The Morgan fingerprint density at radius 3 is 2.20 bits per heavy atom. The van der Waals surface area contributed by atoms with E-state index in [2.05, 4.69) is 29.6 Å². The number of carbonyl (C=O) groups excluding carboxylic acids is 1. The Labute approximate surface area is 149 Å². The highest BCUT2D eigenvalue weighted by Gasteiger charge is 2.33. The fourth-order valence-electron chi connectivity index (χ4n) is 2.96. The van der Waals surface area contributed by atoms with Gasteiger partial charge < -0.3 is 5.32 Å². The van der Waals surface area contributed by atoms with Crippen molar-refractivity contribution in [3.05, 3.63) is 70.8 Å². The molecule has 1 fully saturated rings. The first-order chi connectivity index (χ1) is 11.8. The first-order valence-electron chi connectivity index (χ1n) is 8.46. The summed E-state index contributed by atoms with van der Waals surface area (Å²) in [6.07, 6.45) is 3.47. The fourth-order valence-corrected chi connectivity index (χ4v) is 3.75. The first-order valence-corrected chi connectivity index (χ1v) is 10.5. The second-order valence-electron chi connectivity index (χ2n) is 6.97. The van der Waals surface area contributed by atoms with Crippen LogP contribution in [-0.2, 0) is 15.6 Å². The molecule has 4 nitrogen and oxygen atoms in total. The maximum Gasteiger partial charge on any atom is 0.251 e. The van der Waals surface area contributed by atoms with Crippen molar-refractivity contribution in [2.24, 2.45) is 5.92 Å². The van der Waals surface area contributed by atoms with Gasteiger partial charge in [0, 0.05) is 11.8 Å². The van der Waals surface area contributed by atoms with E-state index in [9.17, 15) is 13.2 Å². The van der Waals surface area contributed by atoms with E-state index in [1.807, 2.05) is 6.92 Å². The zero-order chi connectivity index (χ0) is 18.0. The summed E-state index contributed by atoms with van der Waals surface area (Å²) in [5.74, 6) is 0.364. The summed E-state index contributed by atoms with van der Waals surface area (Å²) < 4.78 is 22.7. The third kappa shape index (κ3) is 4.92. The van der Waals surface area contributed by atoms with Crippen LogP contribution >= 0.6 is 0 Å². The van der Waals surface area contributed by atoms with Crippen molar-refractivity contribution in [2.45, 2.75) is 31.6 Å². The summed E-state index contributed by atoms with van der Waals surface area (Å²) in [4.78, 5) is 12.6. The van der Waals surface area contributed by atoms with Gasteiger partial charge in [0.2, 0.25) is 0 Å². The lowest BCUT2D eigenvalue weighted by Gasteiger charge is -2.19. The second-order valence-corrected chi connectivity index (χ2v) is 9.11. The number of hydrogen-bond donors (Lipinski definition) is 1. The predicted molar refractivity (Wildman–Crippen MR) is 99.1 cm³/mol. The Morgan fingerprint density at radius 1 is 1.08 bits per heavy atom. The van der Waals surface area contributed by atoms with Crippen molar-refractivity contribution in [1.29, 1.82) is 0 Å². The van der Waals surface area contributed by atoms with Crippen molar-refractivity contribution >= 4 is 15.7 Å². The summed E-state index contributed by atoms with van der Waals surface area (Å²) in [6, 6.07) is 15.1. The molecule has 1 aliphatic rings. The van der Waals surface area contributed by atoms with Crippen LogP contribution in [0, 0.1) is 12.8 Å². The van der Waals surface area contributed by atoms with Gasteiger partial charge in [0.15, 0.2) is 9.84 Å². The molecule has 0 bridgehead atoms. The van der Waals surface area contributed by atoms with Crippen molar-refractivity contribution in [3.8, 4) is 0 Å². The fraction of sp³-hybridized carbons (Fsp3) is 0.350. The molecule has 1 saturated carbocycles. The highest BCUT2D eigenvalue weighted by atomic mass is 32.2. The van der Waals surface area contributed by atoms with E-state index in [0.29, 0.717) is 17.0 Å². The molecule has 132 valence electrons. The number of hydrogen-bond acceptors (Lipinski definition) is 3. The van der Waals surface area contributed by atoms with E-state index in [-0.39, 0.29) is 17.7 Å². The zero-order valence-corrected chi connectivity index (χ0v) is 15.3. The third-order valence-corrected chi connectivity index (χ3v) is 5.32. The molecule has 0 heterocycles. The van der Waals surface area contributed by atoms with Gasteiger partial charge in [-0.2, -0.15) is 0 Å². The van der Waals surface area contributed by atoms with Crippen LogP contribution < -0.4 is 5.32 Å². The van der Waals surface area contributed by atoms with Gasteiger partial charge in [0.1, 0.15) is 0 Å². The molecule has 1 N–H and O–H groups in total. The smallest absolute Gasteiger partial charge is 0.251 e. The van der Waals surface area contributed by atoms with Crippen LogP contribution in [0.1, 0.15) is 45.9 Å². The SMILES string of the molecule is Cc1ccc([C@@H](NC(=O)c2ccc(CS(C)(=O)=O)cc2)C2CC2)cc1. The lowest BCUT2D eigenvalue weighted by molar-refractivity contribution is 0.0931. The Hall–Kier alpha value is -2.14. The van der Waals surface area contributed by atoms with Gasteiger partial charge in [-0.15, -0.1) is 0 Å². The van der Waals surface area contributed by atoms with Gasteiger partial charge in [-0.1, -0.05) is 42.0 Å². The van der Waals surface area contributed by atoms with Gasteiger partial charge in [-0.05, 0) is 48.9 Å². The van der Waals surface area contributed by atoms with Crippen LogP contribution in [0.15, 0.2) is 48.5 Å². The van der Waals surface area contributed by atoms with Crippen molar-refractivity contribution in [2.75, 3.05) is 6.26 Å².